The van der Waals surface area contributed by atoms with Crippen LogP contribution in [-0.4, -0.2) is 38.3 Å². The molecule has 1 N–H and O–H groups in total. The molecule has 0 saturated carbocycles. The molecule has 1 radical (unpaired) electrons. The zero-order valence-corrected chi connectivity index (χ0v) is 5.92. The first-order chi connectivity index (χ1) is 4.30. The molecule has 0 amide bonds. The highest BCUT2D eigenvalue weighted by molar-refractivity contribution is 4.75. The molecule has 1 rings (SSSR count). The van der Waals surface area contributed by atoms with Crippen LogP contribution in [0.25, 0.3) is 0 Å². The first kappa shape index (κ1) is 6.99. The van der Waals surface area contributed by atoms with E-state index >= 15 is 0 Å². The van der Waals surface area contributed by atoms with Gasteiger partial charge in [0, 0.05) is 6.54 Å². The fourth-order valence-electron chi connectivity index (χ4n) is 0.777. The summed E-state index contributed by atoms with van der Waals surface area (Å²) in [5, 5.41) is 3.26. The molecule has 1 aliphatic heterocycles. The van der Waals surface area contributed by atoms with E-state index in [4.69, 9.17) is 4.74 Å². The predicted molar refractivity (Wildman–Crippen MR) is 35.7 cm³/mol. The van der Waals surface area contributed by atoms with Crippen molar-refractivity contribution in [3.8, 4) is 0 Å². The third kappa shape index (κ3) is 1.93. The van der Waals surface area contributed by atoms with Gasteiger partial charge in [-0.1, -0.05) is 0 Å². The molecular formula is C6H13N2O. The SMILES string of the molecule is CN(C)C1[CH]OCCN1. The van der Waals surface area contributed by atoms with Crippen LogP contribution in [0.15, 0.2) is 0 Å². The zero-order valence-electron chi connectivity index (χ0n) is 5.92. The lowest BCUT2D eigenvalue weighted by molar-refractivity contribution is 0.0836. The van der Waals surface area contributed by atoms with Crippen molar-refractivity contribution in [1.82, 2.24) is 10.2 Å². The van der Waals surface area contributed by atoms with Crippen molar-refractivity contribution in [3.05, 3.63) is 6.61 Å². The van der Waals surface area contributed by atoms with Crippen molar-refractivity contribution >= 4 is 0 Å². The minimum absolute atomic E-state index is 0.291. The van der Waals surface area contributed by atoms with Gasteiger partial charge in [0.05, 0.1) is 12.8 Å². The summed E-state index contributed by atoms with van der Waals surface area (Å²) in [5.41, 5.74) is 0. The lowest BCUT2D eigenvalue weighted by Crippen LogP contribution is -2.47. The van der Waals surface area contributed by atoms with Crippen LogP contribution in [0.3, 0.4) is 0 Å². The highest BCUT2D eigenvalue weighted by Gasteiger charge is 2.14. The molecule has 1 atom stereocenters. The number of hydrogen-bond acceptors (Lipinski definition) is 3. The van der Waals surface area contributed by atoms with Gasteiger partial charge < -0.3 is 4.74 Å². The van der Waals surface area contributed by atoms with E-state index in [1.54, 1.807) is 0 Å². The number of rotatable bonds is 1. The van der Waals surface area contributed by atoms with E-state index in [1.807, 2.05) is 20.7 Å². The van der Waals surface area contributed by atoms with E-state index in [0.717, 1.165) is 13.2 Å². The van der Waals surface area contributed by atoms with Crippen LogP contribution in [0.1, 0.15) is 0 Å². The number of morpholine rings is 1. The van der Waals surface area contributed by atoms with Crippen LogP contribution >= 0.6 is 0 Å². The zero-order chi connectivity index (χ0) is 6.69. The smallest absolute Gasteiger partial charge is 0.115 e. The van der Waals surface area contributed by atoms with Crippen LogP contribution in [0.4, 0.5) is 0 Å². The summed E-state index contributed by atoms with van der Waals surface area (Å²) in [6.07, 6.45) is 0.291. The predicted octanol–water partition coefficient (Wildman–Crippen LogP) is -0.344. The van der Waals surface area contributed by atoms with Crippen LogP contribution in [0, 0.1) is 6.61 Å². The Hall–Kier alpha value is -0.120. The highest BCUT2D eigenvalue weighted by Crippen LogP contribution is 1.99. The number of ether oxygens (including phenoxy) is 1. The quantitative estimate of drug-likeness (QED) is 0.524. The van der Waals surface area contributed by atoms with Crippen molar-refractivity contribution in [1.29, 1.82) is 0 Å². The van der Waals surface area contributed by atoms with Crippen molar-refractivity contribution < 1.29 is 4.74 Å². The summed E-state index contributed by atoms with van der Waals surface area (Å²) in [6, 6.07) is 0. The molecule has 3 heteroatoms. The van der Waals surface area contributed by atoms with Gasteiger partial charge in [-0.2, -0.15) is 0 Å². The lowest BCUT2D eigenvalue weighted by atomic mass is 10.4. The maximum absolute atomic E-state index is 5.11. The molecule has 0 aromatic carbocycles. The van der Waals surface area contributed by atoms with Crippen LogP contribution in [0.2, 0.25) is 0 Å². The molecular weight excluding hydrogens is 116 g/mol. The van der Waals surface area contributed by atoms with Crippen LogP contribution in [-0.2, 0) is 4.74 Å². The molecule has 0 aromatic rings. The number of hydrogen-bond donors (Lipinski definition) is 1. The van der Waals surface area contributed by atoms with Gasteiger partial charge in [-0.25, -0.2) is 0 Å². The molecule has 1 saturated heterocycles. The second kappa shape index (κ2) is 3.15. The third-order valence-electron chi connectivity index (χ3n) is 1.35. The molecule has 1 heterocycles. The molecule has 1 fully saturated rings. The van der Waals surface area contributed by atoms with E-state index in [9.17, 15) is 0 Å². The molecule has 9 heavy (non-hydrogen) atoms. The molecule has 1 unspecified atom stereocenters. The Balaban J connectivity index is 2.23. The van der Waals surface area contributed by atoms with E-state index < -0.39 is 0 Å². The minimum atomic E-state index is 0.291. The summed E-state index contributed by atoms with van der Waals surface area (Å²) in [7, 11) is 4.03. The number of nitrogens with one attached hydrogen (secondary N) is 1. The molecule has 0 bridgehead atoms. The van der Waals surface area contributed by atoms with E-state index in [2.05, 4.69) is 10.2 Å². The fourth-order valence-corrected chi connectivity index (χ4v) is 0.777. The second-order valence-electron chi connectivity index (χ2n) is 2.37. The highest BCUT2D eigenvalue weighted by atomic mass is 16.5. The van der Waals surface area contributed by atoms with Gasteiger partial charge >= 0.3 is 0 Å². The average molecular weight is 129 g/mol. The standard InChI is InChI=1S/C6H13N2O/c1-8(2)6-5-9-4-3-7-6/h5-7H,3-4H2,1-2H3. The van der Waals surface area contributed by atoms with E-state index in [1.165, 1.54) is 0 Å². The van der Waals surface area contributed by atoms with Gasteiger partial charge in [-0.05, 0) is 14.1 Å². The average Bonchev–Trinajstić information content (AvgIpc) is 1.90. The van der Waals surface area contributed by atoms with Gasteiger partial charge in [-0.15, -0.1) is 0 Å². The molecule has 53 valence electrons. The summed E-state index contributed by atoms with van der Waals surface area (Å²) >= 11 is 0. The largest absolute Gasteiger partial charge is 0.371 e. The Morgan fingerprint density at radius 1 is 1.67 bits per heavy atom. The lowest BCUT2D eigenvalue weighted by Gasteiger charge is -2.28. The second-order valence-corrected chi connectivity index (χ2v) is 2.37. The van der Waals surface area contributed by atoms with Crippen molar-refractivity contribution in [2.75, 3.05) is 27.2 Å². The first-order valence-electron chi connectivity index (χ1n) is 3.15. The first-order valence-corrected chi connectivity index (χ1v) is 3.15. The Labute approximate surface area is 56.0 Å². The van der Waals surface area contributed by atoms with E-state index in [0.29, 0.717) is 6.17 Å². The monoisotopic (exact) mass is 129 g/mol. The van der Waals surface area contributed by atoms with Crippen molar-refractivity contribution in [2.24, 2.45) is 0 Å². The number of likely N-dealkylation sites (N-methyl/N-ethyl adjacent to an activating group) is 1. The van der Waals surface area contributed by atoms with Crippen molar-refractivity contribution in [2.45, 2.75) is 6.17 Å². The number of nitrogens with zero attached hydrogens (tertiary/aromatic N) is 1. The van der Waals surface area contributed by atoms with Crippen LogP contribution in [0.5, 0.6) is 0 Å². The maximum Gasteiger partial charge on any atom is 0.115 e. The normalized spacial score (nSPS) is 29.0. The summed E-state index contributed by atoms with van der Waals surface area (Å²) in [4.78, 5) is 2.07. The van der Waals surface area contributed by atoms with Gasteiger partial charge in [0.1, 0.15) is 6.61 Å². The molecule has 0 aromatic heterocycles. The summed E-state index contributed by atoms with van der Waals surface area (Å²) in [6.45, 7) is 3.56. The molecule has 3 nitrogen and oxygen atoms in total. The Kier molecular flexibility index (Phi) is 2.45. The summed E-state index contributed by atoms with van der Waals surface area (Å²) in [5.74, 6) is 0. The van der Waals surface area contributed by atoms with Crippen molar-refractivity contribution in [3.63, 3.8) is 0 Å². The third-order valence-corrected chi connectivity index (χ3v) is 1.35. The van der Waals surface area contributed by atoms with Gasteiger partial charge in [0.2, 0.25) is 0 Å². The van der Waals surface area contributed by atoms with Gasteiger partial charge in [-0.3, -0.25) is 10.2 Å². The molecule has 0 aliphatic carbocycles. The summed E-state index contributed by atoms with van der Waals surface area (Å²) < 4.78 is 5.11. The van der Waals surface area contributed by atoms with Gasteiger partial charge in [0.15, 0.2) is 0 Å². The molecule has 1 aliphatic rings. The van der Waals surface area contributed by atoms with E-state index in [-0.39, 0.29) is 0 Å². The Bertz CT molecular complexity index is 79.1. The van der Waals surface area contributed by atoms with Crippen LogP contribution < -0.4 is 5.32 Å². The fraction of sp³-hybridized carbons (Fsp3) is 0.833. The maximum atomic E-state index is 5.11. The van der Waals surface area contributed by atoms with Gasteiger partial charge in [0.25, 0.3) is 0 Å². The minimum Gasteiger partial charge on any atom is -0.371 e. The Morgan fingerprint density at radius 3 is 2.78 bits per heavy atom. The Morgan fingerprint density at radius 2 is 2.44 bits per heavy atom. The molecule has 0 spiro atoms. The topological polar surface area (TPSA) is 24.5 Å².